The van der Waals surface area contributed by atoms with Crippen molar-refractivity contribution in [2.45, 2.75) is 6.54 Å². The monoisotopic (exact) mass is 417 g/mol. The third-order valence-electron chi connectivity index (χ3n) is 5.16. The van der Waals surface area contributed by atoms with Crippen LogP contribution in [0.4, 0.5) is 10.1 Å². The van der Waals surface area contributed by atoms with Gasteiger partial charge < -0.3 is 19.5 Å². The van der Waals surface area contributed by atoms with Crippen molar-refractivity contribution in [2.24, 2.45) is 0 Å². The number of benzene rings is 2. The number of hydrogen-bond donors (Lipinski definition) is 1. The smallest absolute Gasteiger partial charge is 0.238 e. The van der Waals surface area contributed by atoms with Gasteiger partial charge in [-0.05, 0) is 18.2 Å². The van der Waals surface area contributed by atoms with Crippen molar-refractivity contribution in [3.8, 4) is 17.2 Å². The predicted octanol–water partition coefficient (Wildman–Crippen LogP) is 2.61. The Balaban J connectivity index is 1.54. The highest BCUT2D eigenvalue weighted by molar-refractivity contribution is 5.92. The third-order valence-corrected chi connectivity index (χ3v) is 5.16. The number of piperazine rings is 1. The van der Waals surface area contributed by atoms with Gasteiger partial charge in [0.15, 0.2) is 11.5 Å². The molecule has 1 saturated heterocycles. The van der Waals surface area contributed by atoms with Gasteiger partial charge in [-0.25, -0.2) is 4.39 Å². The van der Waals surface area contributed by atoms with E-state index in [2.05, 4.69) is 15.1 Å². The fourth-order valence-corrected chi connectivity index (χ4v) is 3.59. The number of nitrogens with zero attached hydrogens (tertiary/aromatic N) is 2. The molecule has 3 rings (SSSR count). The molecule has 162 valence electrons. The lowest BCUT2D eigenvalue weighted by atomic mass is 10.1. The number of ether oxygens (including phenoxy) is 3. The molecule has 1 aliphatic heterocycles. The number of carbonyl (C=O) groups is 1. The van der Waals surface area contributed by atoms with Crippen molar-refractivity contribution in [1.82, 2.24) is 9.80 Å². The van der Waals surface area contributed by atoms with Crippen LogP contribution in [-0.2, 0) is 11.3 Å². The van der Waals surface area contributed by atoms with Crippen LogP contribution in [0.3, 0.4) is 0 Å². The van der Waals surface area contributed by atoms with E-state index in [1.54, 1.807) is 39.5 Å². The highest BCUT2D eigenvalue weighted by atomic mass is 19.1. The fraction of sp³-hybridized carbons (Fsp3) is 0.409. The number of carbonyl (C=O) groups excluding carboxylic acids is 1. The normalized spacial score (nSPS) is 14.9. The molecule has 1 aliphatic rings. The van der Waals surface area contributed by atoms with Crippen LogP contribution in [0.1, 0.15) is 5.56 Å². The largest absolute Gasteiger partial charge is 0.493 e. The van der Waals surface area contributed by atoms with Crippen molar-refractivity contribution >= 4 is 11.6 Å². The molecule has 1 heterocycles. The molecule has 0 radical (unpaired) electrons. The SMILES string of the molecule is COc1ccc(CN2CCN(CC(=O)Nc3ccccc3F)CC2)c(OC)c1OC. The molecule has 1 amide bonds. The minimum atomic E-state index is -0.431. The van der Waals surface area contributed by atoms with Crippen LogP contribution in [-0.4, -0.2) is 69.8 Å². The third kappa shape index (κ3) is 5.20. The highest BCUT2D eigenvalue weighted by Crippen LogP contribution is 2.40. The van der Waals surface area contributed by atoms with Gasteiger partial charge >= 0.3 is 0 Å². The first kappa shape index (κ1) is 21.9. The molecule has 1 N–H and O–H groups in total. The zero-order valence-corrected chi connectivity index (χ0v) is 17.6. The average molecular weight is 417 g/mol. The van der Waals surface area contributed by atoms with Gasteiger partial charge in [0.05, 0.1) is 33.6 Å². The van der Waals surface area contributed by atoms with Crippen LogP contribution in [0.5, 0.6) is 17.2 Å². The summed E-state index contributed by atoms with van der Waals surface area (Å²) in [6.45, 7) is 4.07. The average Bonchev–Trinajstić information content (AvgIpc) is 2.76. The van der Waals surface area contributed by atoms with Crippen LogP contribution in [0.15, 0.2) is 36.4 Å². The van der Waals surface area contributed by atoms with E-state index in [1.165, 1.54) is 6.07 Å². The maximum Gasteiger partial charge on any atom is 0.238 e. The van der Waals surface area contributed by atoms with Gasteiger partial charge in [0.2, 0.25) is 11.7 Å². The molecule has 30 heavy (non-hydrogen) atoms. The number of amides is 1. The number of hydrogen-bond acceptors (Lipinski definition) is 6. The van der Waals surface area contributed by atoms with Gasteiger partial charge in [0.25, 0.3) is 0 Å². The summed E-state index contributed by atoms with van der Waals surface area (Å²) in [6.07, 6.45) is 0. The van der Waals surface area contributed by atoms with E-state index in [0.29, 0.717) is 23.8 Å². The lowest BCUT2D eigenvalue weighted by molar-refractivity contribution is -0.117. The van der Waals surface area contributed by atoms with E-state index in [1.807, 2.05) is 12.1 Å². The zero-order chi connectivity index (χ0) is 21.5. The Labute approximate surface area is 176 Å². The van der Waals surface area contributed by atoms with Crippen molar-refractivity contribution in [3.63, 3.8) is 0 Å². The molecule has 0 aliphatic carbocycles. The number of methoxy groups -OCH3 is 3. The summed E-state index contributed by atoms with van der Waals surface area (Å²) >= 11 is 0. The zero-order valence-electron chi connectivity index (χ0n) is 17.6. The van der Waals surface area contributed by atoms with Gasteiger partial charge in [0, 0.05) is 38.3 Å². The van der Waals surface area contributed by atoms with E-state index < -0.39 is 5.82 Å². The molecule has 1 fully saturated rings. The molecule has 2 aromatic rings. The minimum Gasteiger partial charge on any atom is -0.493 e. The second-order valence-corrected chi connectivity index (χ2v) is 7.07. The number of nitrogens with one attached hydrogen (secondary N) is 1. The predicted molar refractivity (Wildman–Crippen MR) is 113 cm³/mol. The van der Waals surface area contributed by atoms with Crippen molar-refractivity contribution in [3.05, 3.63) is 47.8 Å². The van der Waals surface area contributed by atoms with Crippen molar-refractivity contribution < 1.29 is 23.4 Å². The first-order valence-corrected chi connectivity index (χ1v) is 9.82. The van der Waals surface area contributed by atoms with E-state index in [0.717, 1.165) is 31.7 Å². The first-order chi connectivity index (χ1) is 14.5. The number of para-hydroxylation sites is 1. The summed E-state index contributed by atoms with van der Waals surface area (Å²) in [5.74, 6) is 1.24. The van der Waals surface area contributed by atoms with Crippen molar-refractivity contribution in [2.75, 3.05) is 59.4 Å². The quantitative estimate of drug-likeness (QED) is 0.713. The molecule has 0 spiro atoms. The number of halogens is 1. The van der Waals surface area contributed by atoms with E-state index in [4.69, 9.17) is 14.2 Å². The lowest BCUT2D eigenvalue weighted by Gasteiger charge is -2.34. The van der Waals surface area contributed by atoms with Gasteiger partial charge in [0.1, 0.15) is 5.82 Å². The Kier molecular flexibility index (Phi) is 7.48. The topological polar surface area (TPSA) is 63.3 Å². The van der Waals surface area contributed by atoms with E-state index >= 15 is 0 Å². The van der Waals surface area contributed by atoms with E-state index in [9.17, 15) is 9.18 Å². The summed E-state index contributed by atoms with van der Waals surface area (Å²) in [5.41, 5.74) is 1.22. The maximum atomic E-state index is 13.7. The summed E-state index contributed by atoms with van der Waals surface area (Å²) in [7, 11) is 4.81. The summed E-state index contributed by atoms with van der Waals surface area (Å²) in [6, 6.07) is 10.0. The number of anilines is 1. The Morgan fingerprint density at radius 3 is 2.23 bits per heavy atom. The Morgan fingerprint density at radius 2 is 1.60 bits per heavy atom. The molecule has 7 nitrogen and oxygen atoms in total. The molecule has 0 unspecified atom stereocenters. The van der Waals surface area contributed by atoms with Gasteiger partial charge in [-0.15, -0.1) is 0 Å². The Hall–Kier alpha value is -2.84. The number of rotatable bonds is 8. The van der Waals surface area contributed by atoms with Crippen LogP contribution < -0.4 is 19.5 Å². The summed E-state index contributed by atoms with van der Waals surface area (Å²) < 4.78 is 30.1. The molecule has 0 bridgehead atoms. The minimum absolute atomic E-state index is 0.210. The first-order valence-electron chi connectivity index (χ1n) is 9.82. The molecule has 0 saturated carbocycles. The van der Waals surface area contributed by atoms with E-state index in [-0.39, 0.29) is 18.1 Å². The fourth-order valence-electron chi connectivity index (χ4n) is 3.59. The second-order valence-electron chi connectivity index (χ2n) is 7.07. The second kappa shape index (κ2) is 10.3. The summed E-state index contributed by atoms with van der Waals surface area (Å²) in [4.78, 5) is 16.6. The Morgan fingerprint density at radius 1 is 0.933 bits per heavy atom. The van der Waals surface area contributed by atoms with Crippen LogP contribution >= 0.6 is 0 Å². The standard InChI is InChI=1S/C22H28FN3O4/c1-28-19-9-8-16(21(29-2)22(19)30-3)14-25-10-12-26(13-11-25)15-20(27)24-18-7-5-4-6-17(18)23/h4-9H,10-15H2,1-3H3,(H,24,27). The van der Waals surface area contributed by atoms with Gasteiger partial charge in [-0.2, -0.15) is 0 Å². The van der Waals surface area contributed by atoms with Crippen LogP contribution in [0.2, 0.25) is 0 Å². The lowest BCUT2D eigenvalue weighted by Crippen LogP contribution is -2.48. The molecular formula is C22H28FN3O4. The molecule has 0 aromatic heterocycles. The van der Waals surface area contributed by atoms with Crippen LogP contribution in [0, 0.1) is 5.82 Å². The Bertz CT molecular complexity index is 869. The molecule has 8 heteroatoms. The molecule has 2 aromatic carbocycles. The molecule has 0 atom stereocenters. The van der Waals surface area contributed by atoms with Gasteiger partial charge in [-0.1, -0.05) is 18.2 Å². The van der Waals surface area contributed by atoms with Gasteiger partial charge in [-0.3, -0.25) is 14.6 Å². The maximum absolute atomic E-state index is 13.7. The van der Waals surface area contributed by atoms with Crippen molar-refractivity contribution in [1.29, 1.82) is 0 Å². The molecular weight excluding hydrogens is 389 g/mol. The summed E-state index contributed by atoms with van der Waals surface area (Å²) in [5, 5.41) is 2.64. The highest BCUT2D eigenvalue weighted by Gasteiger charge is 2.22. The van der Waals surface area contributed by atoms with Crippen LogP contribution in [0.25, 0.3) is 0 Å².